The molecule has 0 unspecified atom stereocenters. The van der Waals surface area contributed by atoms with Crippen molar-refractivity contribution < 1.29 is 24.1 Å². The van der Waals surface area contributed by atoms with Crippen molar-refractivity contribution in [3.8, 4) is 11.5 Å². The molecule has 0 bridgehead atoms. The highest BCUT2D eigenvalue weighted by Gasteiger charge is 2.18. The zero-order valence-corrected chi connectivity index (χ0v) is 14.3. The van der Waals surface area contributed by atoms with Crippen LogP contribution in [-0.2, 0) is 22.6 Å². The third kappa shape index (κ3) is 3.66. The van der Waals surface area contributed by atoms with Gasteiger partial charge in [-0.25, -0.2) is 4.79 Å². The lowest BCUT2D eigenvalue weighted by atomic mass is 10.2. The van der Waals surface area contributed by atoms with Gasteiger partial charge in [0.25, 0.3) is 5.56 Å². The highest BCUT2D eigenvalue weighted by atomic mass is 16.5. The van der Waals surface area contributed by atoms with E-state index in [1.54, 1.807) is 0 Å². The SMILES string of the molecule is COCCCn1c(=O)c2cc(OC)c(OC)cc2n(CC(=O)O)c1=O. The predicted octanol–water partition coefficient (Wildman–Crippen LogP) is 0.302. The van der Waals surface area contributed by atoms with E-state index in [0.29, 0.717) is 24.5 Å². The van der Waals surface area contributed by atoms with E-state index in [0.717, 1.165) is 9.13 Å². The van der Waals surface area contributed by atoms with Gasteiger partial charge in [-0.05, 0) is 12.5 Å². The van der Waals surface area contributed by atoms with E-state index in [-0.39, 0.29) is 17.4 Å². The van der Waals surface area contributed by atoms with Gasteiger partial charge < -0.3 is 19.3 Å². The summed E-state index contributed by atoms with van der Waals surface area (Å²) in [5.74, 6) is -0.582. The summed E-state index contributed by atoms with van der Waals surface area (Å²) in [6, 6.07) is 2.88. The molecular weight excluding hydrogens is 332 g/mol. The van der Waals surface area contributed by atoms with Gasteiger partial charge in [0, 0.05) is 26.3 Å². The fourth-order valence-electron chi connectivity index (χ4n) is 2.60. The van der Waals surface area contributed by atoms with Gasteiger partial charge in [-0.1, -0.05) is 0 Å². The summed E-state index contributed by atoms with van der Waals surface area (Å²) in [5.41, 5.74) is -1.03. The molecule has 0 atom stereocenters. The van der Waals surface area contributed by atoms with Gasteiger partial charge in [0.15, 0.2) is 11.5 Å². The Balaban J connectivity index is 2.80. The zero-order valence-electron chi connectivity index (χ0n) is 14.3. The van der Waals surface area contributed by atoms with Crippen LogP contribution in [0.5, 0.6) is 11.5 Å². The van der Waals surface area contributed by atoms with Crippen LogP contribution in [0, 0.1) is 0 Å². The Morgan fingerprint density at radius 2 is 1.72 bits per heavy atom. The van der Waals surface area contributed by atoms with Gasteiger partial charge in [0.05, 0.1) is 25.1 Å². The molecule has 9 nitrogen and oxygen atoms in total. The number of carboxylic acids is 1. The van der Waals surface area contributed by atoms with Crippen molar-refractivity contribution in [2.24, 2.45) is 0 Å². The Hall–Kier alpha value is -2.81. The maximum atomic E-state index is 12.7. The van der Waals surface area contributed by atoms with E-state index < -0.39 is 23.8 Å². The molecule has 1 heterocycles. The number of carboxylic acid groups (broad SMARTS) is 1. The molecule has 1 N–H and O–H groups in total. The number of hydrogen-bond acceptors (Lipinski definition) is 6. The fraction of sp³-hybridized carbons (Fsp3) is 0.438. The average molecular weight is 352 g/mol. The molecule has 0 radical (unpaired) electrons. The molecule has 0 aliphatic heterocycles. The highest BCUT2D eigenvalue weighted by molar-refractivity contribution is 5.83. The van der Waals surface area contributed by atoms with Crippen molar-refractivity contribution >= 4 is 16.9 Å². The lowest BCUT2D eigenvalue weighted by Gasteiger charge is -2.15. The van der Waals surface area contributed by atoms with E-state index in [9.17, 15) is 14.4 Å². The monoisotopic (exact) mass is 352 g/mol. The predicted molar refractivity (Wildman–Crippen MR) is 89.7 cm³/mol. The van der Waals surface area contributed by atoms with Crippen LogP contribution in [0.2, 0.25) is 0 Å². The maximum absolute atomic E-state index is 12.7. The second-order valence-corrected chi connectivity index (χ2v) is 5.29. The standard InChI is InChI=1S/C16H20N2O7/c1-23-6-4-5-17-15(21)10-7-12(24-2)13(25-3)8-11(10)18(16(17)22)9-14(19)20/h7-8H,4-6,9H2,1-3H3,(H,19,20). The summed E-state index contributed by atoms with van der Waals surface area (Å²) in [6.45, 7) is -0.0838. The minimum Gasteiger partial charge on any atom is -0.493 e. The Morgan fingerprint density at radius 1 is 1.08 bits per heavy atom. The molecule has 0 amide bonds. The first-order valence-corrected chi connectivity index (χ1v) is 7.54. The number of hydrogen-bond donors (Lipinski definition) is 1. The normalized spacial score (nSPS) is 10.8. The van der Waals surface area contributed by atoms with Crippen molar-refractivity contribution in [3.05, 3.63) is 33.0 Å². The summed E-state index contributed by atoms with van der Waals surface area (Å²) in [4.78, 5) is 36.5. The molecule has 9 heteroatoms. The fourth-order valence-corrected chi connectivity index (χ4v) is 2.60. The highest BCUT2D eigenvalue weighted by Crippen LogP contribution is 2.30. The topological polar surface area (TPSA) is 109 Å². The van der Waals surface area contributed by atoms with Crippen molar-refractivity contribution in [2.45, 2.75) is 19.5 Å². The smallest absolute Gasteiger partial charge is 0.332 e. The minimum absolute atomic E-state index is 0.120. The maximum Gasteiger partial charge on any atom is 0.332 e. The van der Waals surface area contributed by atoms with Crippen LogP contribution in [0.25, 0.3) is 10.9 Å². The molecule has 136 valence electrons. The van der Waals surface area contributed by atoms with Gasteiger partial charge in [-0.2, -0.15) is 0 Å². The number of carbonyl (C=O) groups is 1. The summed E-state index contributed by atoms with van der Waals surface area (Å²) in [7, 11) is 4.35. The number of nitrogens with zero attached hydrogens (tertiary/aromatic N) is 2. The summed E-state index contributed by atoms with van der Waals surface area (Å²) < 4.78 is 17.4. The first-order chi connectivity index (χ1) is 11.9. The quantitative estimate of drug-likeness (QED) is 0.681. The van der Waals surface area contributed by atoms with E-state index in [1.807, 2.05) is 0 Å². The minimum atomic E-state index is -1.19. The third-order valence-electron chi connectivity index (χ3n) is 3.75. The van der Waals surface area contributed by atoms with Crippen molar-refractivity contribution in [1.82, 2.24) is 9.13 Å². The summed E-state index contributed by atoms with van der Waals surface area (Å²) >= 11 is 0. The van der Waals surface area contributed by atoms with Crippen LogP contribution in [0.4, 0.5) is 0 Å². The van der Waals surface area contributed by atoms with Crippen LogP contribution in [0.15, 0.2) is 21.7 Å². The Morgan fingerprint density at radius 3 is 2.28 bits per heavy atom. The van der Waals surface area contributed by atoms with Gasteiger partial charge in [-0.15, -0.1) is 0 Å². The molecule has 0 spiro atoms. The van der Waals surface area contributed by atoms with Crippen LogP contribution >= 0.6 is 0 Å². The number of rotatable bonds is 8. The number of fused-ring (bicyclic) bond motifs is 1. The van der Waals surface area contributed by atoms with Crippen LogP contribution < -0.4 is 20.7 Å². The first kappa shape index (κ1) is 18.5. The Labute approximate surface area is 143 Å². The van der Waals surface area contributed by atoms with Gasteiger partial charge in [0.1, 0.15) is 6.54 Å². The molecule has 25 heavy (non-hydrogen) atoms. The summed E-state index contributed by atoms with van der Waals surface area (Å²) in [6.07, 6.45) is 0.442. The summed E-state index contributed by atoms with van der Waals surface area (Å²) in [5, 5.41) is 9.31. The van der Waals surface area contributed by atoms with Crippen LogP contribution in [0.1, 0.15) is 6.42 Å². The lowest BCUT2D eigenvalue weighted by Crippen LogP contribution is -2.41. The lowest BCUT2D eigenvalue weighted by molar-refractivity contribution is -0.137. The van der Waals surface area contributed by atoms with Gasteiger partial charge in [0.2, 0.25) is 0 Å². The largest absolute Gasteiger partial charge is 0.493 e. The number of aliphatic carboxylic acids is 1. The molecule has 1 aromatic heterocycles. The Bertz CT molecular complexity index is 898. The number of benzene rings is 1. The molecule has 0 saturated carbocycles. The van der Waals surface area contributed by atoms with Gasteiger partial charge >= 0.3 is 11.7 Å². The number of ether oxygens (including phenoxy) is 3. The van der Waals surface area contributed by atoms with Gasteiger partial charge in [-0.3, -0.25) is 18.7 Å². The molecule has 0 saturated heterocycles. The Kier molecular flexibility index (Phi) is 5.81. The van der Waals surface area contributed by atoms with E-state index in [4.69, 9.17) is 19.3 Å². The zero-order chi connectivity index (χ0) is 18.6. The second-order valence-electron chi connectivity index (χ2n) is 5.29. The van der Waals surface area contributed by atoms with E-state index >= 15 is 0 Å². The average Bonchev–Trinajstić information content (AvgIpc) is 2.60. The second kappa shape index (κ2) is 7.84. The third-order valence-corrected chi connectivity index (χ3v) is 3.75. The first-order valence-electron chi connectivity index (χ1n) is 7.54. The molecule has 0 aliphatic carbocycles. The molecule has 0 aliphatic rings. The van der Waals surface area contributed by atoms with E-state index in [1.165, 1.54) is 33.5 Å². The number of methoxy groups -OCH3 is 3. The molecule has 2 aromatic rings. The van der Waals surface area contributed by atoms with Crippen LogP contribution in [-0.4, -0.2) is 48.1 Å². The van der Waals surface area contributed by atoms with Crippen LogP contribution in [0.3, 0.4) is 0 Å². The molecule has 0 fully saturated rings. The van der Waals surface area contributed by atoms with E-state index in [2.05, 4.69) is 0 Å². The number of aromatic nitrogens is 2. The van der Waals surface area contributed by atoms with Crippen molar-refractivity contribution in [2.75, 3.05) is 27.9 Å². The molecular formula is C16H20N2O7. The van der Waals surface area contributed by atoms with Crippen molar-refractivity contribution in [3.63, 3.8) is 0 Å². The molecule has 2 rings (SSSR count). The molecule has 1 aromatic carbocycles. The van der Waals surface area contributed by atoms with Crippen molar-refractivity contribution in [1.29, 1.82) is 0 Å².